The average Bonchev–Trinajstić information content (AvgIpc) is 3.33. The predicted molar refractivity (Wildman–Crippen MR) is 106 cm³/mol. The van der Waals surface area contributed by atoms with Crippen LogP contribution in [0.25, 0.3) is 0 Å². The lowest BCUT2D eigenvalue weighted by molar-refractivity contribution is -0.142. The molecule has 3 heterocycles. The highest BCUT2D eigenvalue weighted by atomic mass is 19.1. The summed E-state index contributed by atoms with van der Waals surface area (Å²) in [4.78, 5) is 22.3. The van der Waals surface area contributed by atoms with Gasteiger partial charge in [-0.25, -0.2) is 9.37 Å². The minimum absolute atomic E-state index is 0.0253. The SMILES string of the molecule is Cn1cc(CN2CC(Cc3ccccc3F)(C(=O)NCCc3cnc[nH]3)C2)cn1. The summed E-state index contributed by atoms with van der Waals surface area (Å²) in [5, 5.41) is 7.24. The molecule has 1 amide bonds. The molecule has 2 N–H and O–H groups in total. The van der Waals surface area contributed by atoms with E-state index in [0.717, 1.165) is 17.8 Å². The van der Waals surface area contributed by atoms with Gasteiger partial charge in [-0.2, -0.15) is 5.10 Å². The van der Waals surface area contributed by atoms with Crippen molar-refractivity contribution in [3.63, 3.8) is 0 Å². The molecule has 0 spiro atoms. The molecule has 1 aliphatic rings. The molecule has 1 aliphatic heterocycles. The Labute approximate surface area is 168 Å². The highest BCUT2D eigenvalue weighted by Crippen LogP contribution is 2.36. The van der Waals surface area contributed by atoms with Gasteiger partial charge in [0.25, 0.3) is 0 Å². The largest absolute Gasteiger partial charge is 0.355 e. The van der Waals surface area contributed by atoms with Crippen LogP contribution in [-0.2, 0) is 31.2 Å². The number of imidazole rings is 1. The number of nitrogens with zero attached hydrogens (tertiary/aromatic N) is 4. The quantitative estimate of drug-likeness (QED) is 0.607. The minimum Gasteiger partial charge on any atom is -0.355 e. The standard InChI is InChI=1S/C21H25FN6O/c1-27-11-16(9-26-27)12-28-13-21(14-28,8-17-4-2-3-5-19(17)22)20(29)24-7-6-18-10-23-15-25-18/h2-5,9-11,15H,6-8,12-14H2,1H3,(H,23,25)(H,24,29). The third-order valence-electron chi connectivity index (χ3n) is 5.42. The van der Waals surface area contributed by atoms with Gasteiger partial charge >= 0.3 is 0 Å². The molecule has 4 rings (SSSR count). The van der Waals surface area contributed by atoms with Crippen LogP contribution in [0.5, 0.6) is 0 Å². The number of aromatic nitrogens is 4. The molecule has 3 aromatic rings. The van der Waals surface area contributed by atoms with Gasteiger partial charge in [0.2, 0.25) is 5.91 Å². The van der Waals surface area contributed by atoms with Gasteiger partial charge in [-0.05, 0) is 18.1 Å². The van der Waals surface area contributed by atoms with E-state index in [1.165, 1.54) is 6.07 Å². The van der Waals surface area contributed by atoms with Crippen molar-refractivity contribution >= 4 is 5.91 Å². The molecule has 0 atom stereocenters. The summed E-state index contributed by atoms with van der Waals surface area (Å²) >= 11 is 0. The summed E-state index contributed by atoms with van der Waals surface area (Å²) in [5.41, 5.74) is 2.03. The molecule has 1 fully saturated rings. The number of hydrogen-bond acceptors (Lipinski definition) is 4. The number of halogens is 1. The maximum Gasteiger partial charge on any atom is 0.229 e. The summed E-state index contributed by atoms with van der Waals surface area (Å²) in [6.07, 6.45) is 8.25. The Morgan fingerprint density at radius 2 is 2.14 bits per heavy atom. The lowest BCUT2D eigenvalue weighted by Gasteiger charge is -2.49. The van der Waals surface area contributed by atoms with Crippen molar-refractivity contribution in [2.45, 2.75) is 19.4 Å². The molecule has 1 aromatic carbocycles. The van der Waals surface area contributed by atoms with Gasteiger partial charge in [0.15, 0.2) is 0 Å². The molecule has 0 radical (unpaired) electrons. The van der Waals surface area contributed by atoms with Crippen molar-refractivity contribution in [2.75, 3.05) is 19.6 Å². The van der Waals surface area contributed by atoms with Crippen LogP contribution in [0.3, 0.4) is 0 Å². The molecular formula is C21H25FN6O. The van der Waals surface area contributed by atoms with E-state index in [1.54, 1.807) is 29.3 Å². The summed E-state index contributed by atoms with van der Waals surface area (Å²) < 4.78 is 16.0. The molecule has 152 valence electrons. The third-order valence-corrected chi connectivity index (χ3v) is 5.42. The fourth-order valence-corrected chi connectivity index (χ4v) is 3.99. The van der Waals surface area contributed by atoms with Crippen LogP contribution in [0.4, 0.5) is 4.39 Å². The van der Waals surface area contributed by atoms with Crippen LogP contribution in [0, 0.1) is 11.2 Å². The highest BCUT2D eigenvalue weighted by molar-refractivity contribution is 5.84. The zero-order valence-electron chi connectivity index (χ0n) is 16.4. The van der Waals surface area contributed by atoms with E-state index in [0.29, 0.717) is 38.0 Å². The number of benzene rings is 1. The summed E-state index contributed by atoms with van der Waals surface area (Å²) in [7, 11) is 1.88. The lowest BCUT2D eigenvalue weighted by Crippen LogP contribution is -2.64. The summed E-state index contributed by atoms with van der Waals surface area (Å²) in [5.74, 6) is -0.287. The molecule has 1 saturated heterocycles. The van der Waals surface area contributed by atoms with Crippen molar-refractivity contribution in [3.05, 3.63) is 71.8 Å². The van der Waals surface area contributed by atoms with Crippen molar-refractivity contribution in [1.29, 1.82) is 0 Å². The van der Waals surface area contributed by atoms with E-state index >= 15 is 0 Å². The van der Waals surface area contributed by atoms with E-state index < -0.39 is 5.41 Å². The third kappa shape index (κ3) is 4.37. The van der Waals surface area contributed by atoms with Crippen molar-refractivity contribution in [2.24, 2.45) is 12.5 Å². The first kappa shape index (κ1) is 19.3. The first-order chi connectivity index (χ1) is 14.0. The Balaban J connectivity index is 1.42. The second-order valence-electron chi connectivity index (χ2n) is 7.80. The van der Waals surface area contributed by atoms with E-state index in [9.17, 15) is 9.18 Å². The fourth-order valence-electron chi connectivity index (χ4n) is 3.99. The summed E-state index contributed by atoms with van der Waals surface area (Å²) in [6, 6.07) is 6.70. The highest BCUT2D eigenvalue weighted by Gasteiger charge is 2.49. The monoisotopic (exact) mass is 396 g/mol. The number of aromatic amines is 1. The number of carbonyl (C=O) groups is 1. The average molecular weight is 396 g/mol. The van der Waals surface area contributed by atoms with E-state index in [1.807, 2.05) is 25.5 Å². The maximum atomic E-state index is 14.3. The van der Waals surface area contributed by atoms with Gasteiger partial charge in [0.05, 0.1) is 17.9 Å². The molecular weight excluding hydrogens is 371 g/mol. The molecule has 8 heteroatoms. The van der Waals surface area contributed by atoms with Crippen molar-refractivity contribution in [3.8, 4) is 0 Å². The molecule has 29 heavy (non-hydrogen) atoms. The van der Waals surface area contributed by atoms with Gasteiger partial charge in [-0.3, -0.25) is 14.4 Å². The minimum atomic E-state index is -0.627. The number of carbonyl (C=O) groups excluding carboxylic acids is 1. The number of H-pyrrole nitrogens is 1. The van der Waals surface area contributed by atoms with Crippen LogP contribution >= 0.6 is 0 Å². The van der Waals surface area contributed by atoms with Crippen LogP contribution < -0.4 is 5.32 Å². The van der Waals surface area contributed by atoms with Gasteiger partial charge < -0.3 is 10.3 Å². The van der Waals surface area contributed by atoms with E-state index in [-0.39, 0.29) is 11.7 Å². The van der Waals surface area contributed by atoms with Gasteiger partial charge in [0, 0.05) is 63.3 Å². The predicted octanol–water partition coefficient (Wildman–Crippen LogP) is 1.69. The molecule has 7 nitrogen and oxygen atoms in total. The Hall–Kier alpha value is -3.00. The fraction of sp³-hybridized carbons (Fsp3) is 0.381. The molecule has 0 saturated carbocycles. The number of rotatable bonds is 8. The Bertz CT molecular complexity index is 961. The zero-order chi connectivity index (χ0) is 20.3. The maximum absolute atomic E-state index is 14.3. The normalized spacial score (nSPS) is 15.8. The first-order valence-corrected chi connectivity index (χ1v) is 9.73. The van der Waals surface area contributed by atoms with Crippen LogP contribution in [0.2, 0.25) is 0 Å². The van der Waals surface area contributed by atoms with E-state index in [4.69, 9.17) is 0 Å². The second kappa shape index (κ2) is 8.16. The number of hydrogen-bond donors (Lipinski definition) is 2. The Kier molecular flexibility index (Phi) is 5.44. The van der Waals surface area contributed by atoms with E-state index in [2.05, 4.69) is 25.3 Å². The van der Waals surface area contributed by atoms with Crippen LogP contribution in [0.1, 0.15) is 16.8 Å². The van der Waals surface area contributed by atoms with Gasteiger partial charge in [-0.15, -0.1) is 0 Å². The summed E-state index contributed by atoms with van der Waals surface area (Å²) in [6.45, 7) is 2.43. The topological polar surface area (TPSA) is 78.8 Å². The lowest BCUT2D eigenvalue weighted by atomic mass is 9.73. The van der Waals surface area contributed by atoms with Gasteiger partial charge in [-0.1, -0.05) is 18.2 Å². The van der Waals surface area contributed by atoms with Crippen molar-refractivity contribution < 1.29 is 9.18 Å². The zero-order valence-corrected chi connectivity index (χ0v) is 16.4. The van der Waals surface area contributed by atoms with Crippen LogP contribution in [0.15, 0.2) is 49.2 Å². The molecule has 2 aromatic heterocycles. The Morgan fingerprint density at radius 1 is 1.31 bits per heavy atom. The van der Waals surface area contributed by atoms with Gasteiger partial charge in [0.1, 0.15) is 5.82 Å². The van der Waals surface area contributed by atoms with Crippen molar-refractivity contribution in [1.82, 2.24) is 30.0 Å². The first-order valence-electron chi connectivity index (χ1n) is 9.73. The smallest absolute Gasteiger partial charge is 0.229 e. The number of amides is 1. The number of likely N-dealkylation sites (tertiary alicyclic amines) is 1. The van der Waals surface area contributed by atoms with Crippen LogP contribution in [-0.4, -0.2) is 50.2 Å². The Morgan fingerprint density at radius 3 is 2.83 bits per heavy atom. The molecule has 0 aliphatic carbocycles. The second-order valence-corrected chi connectivity index (χ2v) is 7.80. The molecule has 0 unspecified atom stereocenters. The number of aryl methyl sites for hydroxylation is 1. The number of nitrogens with one attached hydrogen (secondary N) is 2. The molecule has 0 bridgehead atoms.